The summed E-state index contributed by atoms with van der Waals surface area (Å²) in [5, 5.41) is 4.29. The molecule has 0 bridgehead atoms. The van der Waals surface area contributed by atoms with Gasteiger partial charge in [0.15, 0.2) is 0 Å². The molecule has 0 N–H and O–H groups in total. The predicted octanol–water partition coefficient (Wildman–Crippen LogP) is 1.79. The standard InChI is InChI=1S/C23H26OP.BrH/c1-3-4-18-25(21-13-7-5-8-14-21,22-15-9-6-10-16-22)23-17-11-12-20(19-23)24-2;/h5-17,19H,3-4,18H2,1-2H3;1H/q+1;/p-1. The quantitative estimate of drug-likeness (QED) is 0.521. The zero-order chi connectivity index (χ0) is 17.5. The van der Waals surface area contributed by atoms with Crippen molar-refractivity contribution in [3.8, 4) is 5.75 Å². The maximum Gasteiger partial charge on any atom is 0.122 e. The average Bonchev–Trinajstić information content (AvgIpc) is 2.70. The molecule has 0 aromatic heterocycles. The SMILES string of the molecule is CCCC[P+](c1ccccc1)(c1ccccc1)c1cccc(OC)c1.[Br-]. The van der Waals surface area contributed by atoms with Crippen molar-refractivity contribution in [2.45, 2.75) is 19.8 Å². The highest BCUT2D eigenvalue weighted by atomic mass is 79.9. The van der Waals surface area contributed by atoms with Crippen LogP contribution in [0.1, 0.15) is 19.8 Å². The van der Waals surface area contributed by atoms with Crippen LogP contribution in [0.5, 0.6) is 5.75 Å². The van der Waals surface area contributed by atoms with E-state index in [1.165, 1.54) is 34.9 Å². The fourth-order valence-corrected chi connectivity index (χ4v) is 7.95. The van der Waals surface area contributed by atoms with Gasteiger partial charge in [0.1, 0.15) is 28.9 Å². The average molecular weight is 429 g/mol. The van der Waals surface area contributed by atoms with Crippen LogP contribution in [-0.4, -0.2) is 13.3 Å². The molecule has 0 saturated heterocycles. The zero-order valence-corrected chi connectivity index (χ0v) is 17.9. The highest BCUT2D eigenvalue weighted by Gasteiger charge is 2.44. The second-order valence-electron chi connectivity index (χ2n) is 6.26. The van der Waals surface area contributed by atoms with E-state index in [0.29, 0.717) is 0 Å². The molecule has 0 atom stereocenters. The third-order valence-electron chi connectivity index (χ3n) is 4.74. The molecule has 3 heteroatoms. The first-order chi connectivity index (χ1) is 12.3. The molecule has 0 radical (unpaired) electrons. The minimum Gasteiger partial charge on any atom is -1.00 e. The Hall–Kier alpha value is -1.63. The fourth-order valence-electron chi connectivity index (χ4n) is 3.44. The van der Waals surface area contributed by atoms with Crippen molar-refractivity contribution in [1.29, 1.82) is 0 Å². The molecule has 3 aromatic rings. The second-order valence-corrected chi connectivity index (χ2v) is 9.88. The van der Waals surface area contributed by atoms with E-state index in [1.807, 2.05) is 6.07 Å². The molecule has 0 aliphatic heterocycles. The van der Waals surface area contributed by atoms with Crippen LogP contribution in [0.4, 0.5) is 0 Å². The molecule has 0 aliphatic rings. The number of benzene rings is 3. The number of methoxy groups -OCH3 is 1. The van der Waals surface area contributed by atoms with E-state index in [0.717, 1.165) is 5.75 Å². The molecule has 0 unspecified atom stereocenters. The van der Waals surface area contributed by atoms with Crippen LogP contribution in [0.25, 0.3) is 0 Å². The maximum absolute atomic E-state index is 5.54. The van der Waals surface area contributed by atoms with Gasteiger partial charge in [-0.15, -0.1) is 0 Å². The number of hydrogen-bond acceptors (Lipinski definition) is 1. The van der Waals surface area contributed by atoms with Crippen LogP contribution >= 0.6 is 7.26 Å². The summed E-state index contributed by atoms with van der Waals surface area (Å²) in [5.41, 5.74) is 0. The summed E-state index contributed by atoms with van der Waals surface area (Å²) in [6, 6.07) is 30.8. The molecule has 0 amide bonds. The van der Waals surface area contributed by atoms with E-state index >= 15 is 0 Å². The van der Waals surface area contributed by atoms with Crippen molar-refractivity contribution < 1.29 is 21.7 Å². The van der Waals surface area contributed by atoms with Gasteiger partial charge in [0, 0.05) is 6.07 Å². The Kier molecular flexibility index (Phi) is 7.87. The van der Waals surface area contributed by atoms with E-state index in [1.54, 1.807) is 7.11 Å². The Labute approximate surface area is 168 Å². The Morgan fingerprint density at radius 3 is 1.77 bits per heavy atom. The highest BCUT2D eigenvalue weighted by Crippen LogP contribution is 2.56. The van der Waals surface area contributed by atoms with Crippen LogP contribution in [0.15, 0.2) is 84.9 Å². The van der Waals surface area contributed by atoms with Crippen LogP contribution in [0.2, 0.25) is 0 Å². The van der Waals surface area contributed by atoms with Crippen molar-refractivity contribution in [2.75, 3.05) is 13.3 Å². The number of rotatable bonds is 7. The van der Waals surface area contributed by atoms with Gasteiger partial charge < -0.3 is 21.7 Å². The fraction of sp³-hybridized carbons (Fsp3) is 0.217. The molecule has 0 aliphatic carbocycles. The number of halogens is 1. The lowest BCUT2D eigenvalue weighted by Crippen LogP contribution is -3.00. The van der Waals surface area contributed by atoms with Crippen molar-refractivity contribution in [1.82, 2.24) is 0 Å². The summed E-state index contributed by atoms with van der Waals surface area (Å²) in [7, 11) is 0.0564. The molecular weight excluding hydrogens is 403 g/mol. The maximum atomic E-state index is 5.54. The van der Waals surface area contributed by atoms with Crippen molar-refractivity contribution in [3.05, 3.63) is 84.9 Å². The van der Waals surface area contributed by atoms with Gasteiger partial charge in [-0.05, 0) is 42.8 Å². The lowest BCUT2D eigenvalue weighted by atomic mass is 10.3. The summed E-state index contributed by atoms with van der Waals surface area (Å²) in [6.45, 7) is 2.27. The topological polar surface area (TPSA) is 9.23 Å². The Morgan fingerprint density at radius 2 is 1.27 bits per heavy atom. The molecule has 0 heterocycles. The van der Waals surface area contributed by atoms with E-state index in [9.17, 15) is 0 Å². The number of ether oxygens (including phenoxy) is 1. The monoisotopic (exact) mass is 428 g/mol. The van der Waals surface area contributed by atoms with E-state index in [2.05, 4.69) is 85.8 Å². The minimum atomic E-state index is -1.69. The molecule has 0 spiro atoms. The van der Waals surface area contributed by atoms with Gasteiger partial charge in [0.2, 0.25) is 0 Å². The summed E-state index contributed by atoms with van der Waals surface area (Å²) < 4.78 is 5.54. The Morgan fingerprint density at radius 1 is 0.731 bits per heavy atom. The summed E-state index contributed by atoms with van der Waals surface area (Å²) in [4.78, 5) is 0. The van der Waals surface area contributed by atoms with Gasteiger partial charge in [-0.1, -0.05) is 55.8 Å². The van der Waals surface area contributed by atoms with E-state index < -0.39 is 7.26 Å². The summed E-state index contributed by atoms with van der Waals surface area (Å²) in [5.74, 6) is 0.935. The van der Waals surface area contributed by atoms with Crippen LogP contribution in [0, 0.1) is 0 Å². The largest absolute Gasteiger partial charge is 1.00 e. The van der Waals surface area contributed by atoms with Gasteiger partial charge in [-0.2, -0.15) is 0 Å². The number of unbranched alkanes of at least 4 members (excludes halogenated alkanes) is 1. The highest BCUT2D eigenvalue weighted by molar-refractivity contribution is 7.95. The lowest BCUT2D eigenvalue weighted by molar-refractivity contribution is -0.00000530. The summed E-state index contributed by atoms with van der Waals surface area (Å²) in [6.07, 6.45) is 3.60. The van der Waals surface area contributed by atoms with Gasteiger partial charge in [-0.25, -0.2) is 0 Å². The molecule has 0 saturated carbocycles. The Balaban J connectivity index is 0.00000243. The first-order valence-corrected chi connectivity index (χ1v) is 10.9. The van der Waals surface area contributed by atoms with Crippen LogP contribution in [0.3, 0.4) is 0 Å². The van der Waals surface area contributed by atoms with Crippen molar-refractivity contribution in [2.24, 2.45) is 0 Å². The zero-order valence-electron chi connectivity index (χ0n) is 15.4. The Bertz CT molecular complexity index is 750. The normalized spacial score (nSPS) is 10.8. The van der Waals surface area contributed by atoms with Crippen LogP contribution < -0.4 is 37.6 Å². The predicted molar refractivity (Wildman–Crippen MR) is 111 cm³/mol. The third-order valence-corrected chi connectivity index (χ3v) is 9.24. The second kappa shape index (κ2) is 9.90. The first-order valence-electron chi connectivity index (χ1n) is 8.95. The van der Waals surface area contributed by atoms with Gasteiger partial charge in [0.25, 0.3) is 0 Å². The number of hydrogen-bond donors (Lipinski definition) is 0. The molecular formula is C23H26BrOP. The lowest BCUT2D eigenvalue weighted by Gasteiger charge is -2.27. The van der Waals surface area contributed by atoms with Crippen molar-refractivity contribution >= 4 is 23.2 Å². The van der Waals surface area contributed by atoms with Crippen molar-refractivity contribution in [3.63, 3.8) is 0 Å². The smallest absolute Gasteiger partial charge is 0.122 e. The third kappa shape index (κ3) is 4.19. The molecule has 3 rings (SSSR count). The molecule has 3 aromatic carbocycles. The van der Waals surface area contributed by atoms with Gasteiger partial charge in [0.05, 0.1) is 13.3 Å². The minimum absolute atomic E-state index is 0. The van der Waals surface area contributed by atoms with Gasteiger partial charge in [-0.3, -0.25) is 0 Å². The molecule has 136 valence electrons. The summed E-state index contributed by atoms with van der Waals surface area (Å²) >= 11 is 0. The van der Waals surface area contributed by atoms with Crippen LogP contribution in [-0.2, 0) is 0 Å². The van der Waals surface area contributed by atoms with E-state index in [-0.39, 0.29) is 17.0 Å². The first kappa shape index (κ1) is 20.7. The molecule has 0 fully saturated rings. The molecule has 26 heavy (non-hydrogen) atoms. The van der Waals surface area contributed by atoms with E-state index in [4.69, 9.17) is 4.74 Å². The molecule has 1 nitrogen and oxygen atoms in total. The van der Waals surface area contributed by atoms with Gasteiger partial charge >= 0.3 is 0 Å².